The molecule has 0 fully saturated rings. The maximum absolute atomic E-state index is 14.0. The van der Waals surface area contributed by atoms with E-state index in [1.54, 1.807) is 34.9 Å². The average molecular weight is 564 g/mol. The predicted octanol–water partition coefficient (Wildman–Crippen LogP) is 5.36. The van der Waals surface area contributed by atoms with Crippen LogP contribution >= 0.6 is 27.7 Å². The van der Waals surface area contributed by atoms with E-state index in [-0.39, 0.29) is 27.7 Å². The second kappa shape index (κ2) is 12.1. The molecule has 2 N–H and O–H groups in total. The summed E-state index contributed by atoms with van der Waals surface area (Å²) in [7, 11) is 0. The molecule has 0 aliphatic heterocycles. The third kappa shape index (κ3) is 6.76. The van der Waals surface area contributed by atoms with Crippen LogP contribution in [0.4, 0.5) is 14.5 Å². The number of thioether (sulfide) groups is 1. The van der Waals surface area contributed by atoms with Crippen molar-refractivity contribution in [3.8, 4) is 0 Å². The van der Waals surface area contributed by atoms with Gasteiger partial charge in [0.15, 0.2) is 16.8 Å². The number of hydrogen-bond acceptors (Lipinski definition) is 5. The highest BCUT2D eigenvalue weighted by atomic mass is 79.9. The van der Waals surface area contributed by atoms with E-state index in [0.717, 1.165) is 17.8 Å². The van der Waals surface area contributed by atoms with Gasteiger partial charge in [0.05, 0.1) is 17.5 Å². The van der Waals surface area contributed by atoms with E-state index in [0.29, 0.717) is 29.2 Å². The first-order valence-corrected chi connectivity index (χ1v) is 12.5. The number of carbonyl (C=O) groups excluding carboxylic acids is 2. The molecule has 2 aromatic carbocycles. The van der Waals surface area contributed by atoms with E-state index in [2.05, 4.69) is 43.3 Å². The number of anilines is 1. The van der Waals surface area contributed by atoms with Crippen molar-refractivity contribution in [2.75, 3.05) is 11.1 Å². The summed E-state index contributed by atoms with van der Waals surface area (Å²) >= 11 is 4.15. The molecule has 0 saturated carbocycles. The van der Waals surface area contributed by atoms with Crippen LogP contribution in [-0.4, -0.2) is 32.3 Å². The molecular formula is C24H24BrF2N5O2S. The van der Waals surface area contributed by atoms with Crippen LogP contribution in [0.2, 0.25) is 0 Å². The summed E-state index contributed by atoms with van der Waals surface area (Å²) in [5, 5.41) is 14.4. The maximum atomic E-state index is 14.0. The number of hydrogen-bond donors (Lipinski definition) is 2. The monoisotopic (exact) mass is 563 g/mol. The minimum Gasteiger partial charge on any atom is -0.342 e. The maximum Gasteiger partial charge on any atom is 0.251 e. The minimum absolute atomic E-state index is 0.00428. The van der Waals surface area contributed by atoms with Crippen LogP contribution in [0.3, 0.4) is 0 Å². The van der Waals surface area contributed by atoms with Gasteiger partial charge in [-0.05, 0) is 40.0 Å². The Bertz CT molecular complexity index is 1200. The van der Waals surface area contributed by atoms with Crippen molar-refractivity contribution >= 4 is 45.2 Å². The van der Waals surface area contributed by atoms with Crippen LogP contribution in [0.5, 0.6) is 0 Å². The first kappa shape index (κ1) is 26.6. The molecule has 0 radical (unpaired) electrons. The van der Waals surface area contributed by atoms with Gasteiger partial charge >= 0.3 is 0 Å². The first-order chi connectivity index (χ1) is 16.7. The number of carbonyl (C=O) groups is 2. The lowest BCUT2D eigenvalue weighted by Crippen LogP contribution is -2.33. The molecule has 11 heteroatoms. The second-order valence-corrected chi connectivity index (χ2v) is 9.68. The highest BCUT2D eigenvalue weighted by molar-refractivity contribution is 9.10. The topological polar surface area (TPSA) is 88.9 Å². The number of benzene rings is 2. The van der Waals surface area contributed by atoms with Crippen LogP contribution in [0.1, 0.15) is 36.1 Å². The summed E-state index contributed by atoms with van der Waals surface area (Å²) in [5.74, 6) is -1.96. The molecule has 7 nitrogen and oxygen atoms in total. The zero-order valence-electron chi connectivity index (χ0n) is 19.1. The largest absolute Gasteiger partial charge is 0.342 e. The number of amides is 2. The Hall–Kier alpha value is -3.05. The van der Waals surface area contributed by atoms with Crippen molar-refractivity contribution in [2.24, 2.45) is 5.92 Å². The standard InChI is InChI=1S/C24H24BrF2N5O2S/c1-4-10-32-22(20(14(2)3)29-23(34)15-8-6-5-7-9-15)30-31-24(32)35-13-19(33)28-21-17(25)11-16(26)12-18(21)27/h4-9,11-12,14,20H,1,10,13H2,2-3H3,(H,28,33)(H,29,34)/t20-/m0/s1. The molecule has 1 heterocycles. The first-order valence-electron chi connectivity index (χ1n) is 10.7. The fourth-order valence-corrected chi connectivity index (χ4v) is 4.51. The molecule has 3 aromatic rings. The van der Waals surface area contributed by atoms with Crippen LogP contribution in [0.15, 0.2) is 64.7 Å². The average Bonchev–Trinajstić information content (AvgIpc) is 3.21. The highest BCUT2D eigenvalue weighted by Gasteiger charge is 2.26. The Morgan fingerprint density at radius 2 is 1.91 bits per heavy atom. The van der Waals surface area contributed by atoms with Crippen molar-refractivity contribution in [1.82, 2.24) is 20.1 Å². The number of aromatic nitrogens is 3. The second-order valence-electron chi connectivity index (χ2n) is 7.88. The molecule has 3 rings (SSSR count). The number of nitrogens with zero attached hydrogens (tertiary/aromatic N) is 3. The Morgan fingerprint density at radius 3 is 2.54 bits per heavy atom. The highest BCUT2D eigenvalue weighted by Crippen LogP contribution is 2.28. The van der Waals surface area contributed by atoms with Gasteiger partial charge in [0.25, 0.3) is 5.91 Å². The molecule has 0 saturated heterocycles. The quantitative estimate of drug-likeness (QED) is 0.256. The minimum atomic E-state index is -0.888. The lowest BCUT2D eigenvalue weighted by Gasteiger charge is -2.22. The SMILES string of the molecule is C=CCn1c(SCC(=O)Nc2c(F)cc(F)cc2Br)nnc1[C@@H](NC(=O)c1ccccc1)C(C)C. The van der Waals surface area contributed by atoms with Crippen LogP contribution in [-0.2, 0) is 11.3 Å². The Kier molecular flexibility index (Phi) is 9.16. The number of allylic oxidation sites excluding steroid dienone is 1. The summed E-state index contributed by atoms with van der Waals surface area (Å²) in [6, 6.07) is 10.2. The zero-order valence-corrected chi connectivity index (χ0v) is 21.5. The third-order valence-electron chi connectivity index (χ3n) is 4.93. The third-order valence-corrected chi connectivity index (χ3v) is 6.52. The molecule has 0 aliphatic carbocycles. The number of nitrogens with one attached hydrogen (secondary N) is 2. The normalized spacial score (nSPS) is 11.8. The van der Waals surface area contributed by atoms with Gasteiger partial charge in [0, 0.05) is 22.6 Å². The van der Waals surface area contributed by atoms with Crippen molar-refractivity contribution in [1.29, 1.82) is 0 Å². The Balaban J connectivity index is 1.76. The fourth-order valence-electron chi connectivity index (χ4n) is 3.25. The van der Waals surface area contributed by atoms with Gasteiger partial charge in [-0.2, -0.15) is 0 Å². The predicted molar refractivity (Wildman–Crippen MR) is 135 cm³/mol. The van der Waals surface area contributed by atoms with Crippen molar-refractivity contribution in [3.63, 3.8) is 0 Å². The summed E-state index contributed by atoms with van der Waals surface area (Å²) < 4.78 is 29.2. The smallest absolute Gasteiger partial charge is 0.251 e. The Morgan fingerprint density at radius 1 is 1.20 bits per heavy atom. The summed E-state index contributed by atoms with van der Waals surface area (Å²) in [4.78, 5) is 25.2. The summed E-state index contributed by atoms with van der Waals surface area (Å²) in [6.45, 7) is 8.05. The molecule has 0 spiro atoms. The van der Waals surface area contributed by atoms with Gasteiger partial charge in [-0.1, -0.05) is 49.9 Å². The molecule has 35 heavy (non-hydrogen) atoms. The zero-order chi connectivity index (χ0) is 25.5. The number of halogens is 3. The van der Waals surface area contributed by atoms with E-state index in [4.69, 9.17) is 0 Å². The molecule has 0 bridgehead atoms. The van der Waals surface area contributed by atoms with Crippen molar-refractivity contribution < 1.29 is 18.4 Å². The van der Waals surface area contributed by atoms with Crippen molar-refractivity contribution in [3.05, 3.63) is 82.6 Å². The lowest BCUT2D eigenvalue weighted by molar-refractivity contribution is -0.113. The van der Waals surface area contributed by atoms with Crippen LogP contribution in [0.25, 0.3) is 0 Å². The molecule has 1 atom stereocenters. The summed E-state index contributed by atoms with van der Waals surface area (Å²) in [6.07, 6.45) is 1.67. The summed E-state index contributed by atoms with van der Waals surface area (Å²) in [5.41, 5.74) is 0.382. The van der Waals surface area contributed by atoms with Gasteiger partial charge in [-0.25, -0.2) is 8.78 Å². The van der Waals surface area contributed by atoms with Crippen LogP contribution < -0.4 is 10.6 Å². The van der Waals surface area contributed by atoms with E-state index < -0.39 is 23.6 Å². The van der Waals surface area contributed by atoms with E-state index >= 15 is 0 Å². The molecule has 0 aliphatic rings. The van der Waals surface area contributed by atoms with Gasteiger partial charge in [-0.15, -0.1) is 16.8 Å². The molecule has 0 unspecified atom stereocenters. The molecule has 1 aromatic heterocycles. The molecule has 2 amide bonds. The molecular weight excluding hydrogens is 540 g/mol. The number of rotatable bonds is 10. The van der Waals surface area contributed by atoms with E-state index in [1.165, 1.54) is 0 Å². The van der Waals surface area contributed by atoms with Gasteiger partial charge in [0.1, 0.15) is 5.82 Å². The Labute approximate surface area is 214 Å². The fraction of sp³-hybridized carbons (Fsp3) is 0.250. The van der Waals surface area contributed by atoms with Gasteiger partial charge < -0.3 is 15.2 Å². The van der Waals surface area contributed by atoms with E-state index in [9.17, 15) is 18.4 Å². The van der Waals surface area contributed by atoms with Gasteiger partial charge in [0.2, 0.25) is 5.91 Å². The van der Waals surface area contributed by atoms with Gasteiger partial charge in [-0.3, -0.25) is 9.59 Å². The lowest BCUT2D eigenvalue weighted by atomic mass is 10.0. The van der Waals surface area contributed by atoms with Crippen LogP contribution in [0, 0.1) is 17.6 Å². The van der Waals surface area contributed by atoms with Crippen molar-refractivity contribution in [2.45, 2.75) is 31.6 Å². The molecule has 184 valence electrons. The van der Waals surface area contributed by atoms with E-state index in [1.807, 2.05) is 19.9 Å².